The van der Waals surface area contributed by atoms with E-state index in [0.717, 1.165) is 19.3 Å². The summed E-state index contributed by atoms with van der Waals surface area (Å²) in [6, 6.07) is 0. The molecule has 10 nitrogen and oxygen atoms in total. The Morgan fingerprint density at radius 1 is 0.907 bits per heavy atom. The zero-order chi connectivity index (χ0) is 31.5. The van der Waals surface area contributed by atoms with Crippen LogP contribution in [0.1, 0.15) is 72.6 Å². The largest absolute Gasteiger partial charge is 0.393 e. The fraction of sp³-hybridized carbons (Fsp3) is 0.939. The molecule has 8 unspecified atom stereocenters. The number of ether oxygens (including phenoxy) is 3. The van der Waals surface area contributed by atoms with Gasteiger partial charge < -0.3 is 50.0 Å². The van der Waals surface area contributed by atoms with E-state index in [1.54, 1.807) is 0 Å². The summed E-state index contributed by atoms with van der Waals surface area (Å²) < 4.78 is 16.5. The van der Waals surface area contributed by atoms with Crippen molar-refractivity contribution in [1.82, 2.24) is 0 Å². The highest BCUT2D eigenvalue weighted by Gasteiger charge is 2.71. The summed E-state index contributed by atoms with van der Waals surface area (Å²) in [7, 11) is 1.44. The van der Waals surface area contributed by atoms with Crippen molar-refractivity contribution in [2.45, 2.75) is 127 Å². The first-order valence-corrected chi connectivity index (χ1v) is 16.4. The van der Waals surface area contributed by atoms with Gasteiger partial charge in [0.15, 0.2) is 6.29 Å². The molecule has 0 radical (unpaired) electrons. The van der Waals surface area contributed by atoms with Crippen molar-refractivity contribution in [3.8, 4) is 0 Å². The van der Waals surface area contributed by atoms with E-state index >= 15 is 0 Å². The predicted molar refractivity (Wildman–Crippen MR) is 157 cm³/mol. The molecule has 0 spiro atoms. The molecule has 1 heterocycles. The third-order valence-corrected chi connectivity index (χ3v) is 12.7. The molecule has 0 aromatic rings. The molecule has 4 aliphatic carbocycles. The van der Waals surface area contributed by atoms with Crippen LogP contribution in [0.25, 0.3) is 0 Å². The van der Waals surface area contributed by atoms with Crippen molar-refractivity contribution in [2.75, 3.05) is 20.3 Å². The van der Waals surface area contributed by atoms with Crippen LogP contribution in [-0.4, -0.2) is 111 Å². The second-order valence-corrected chi connectivity index (χ2v) is 15.3. The summed E-state index contributed by atoms with van der Waals surface area (Å²) in [6.45, 7) is 8.91. The van der Waals surface area contributed by atoms with Gasteiger partial charge in [0.1, 0.15) is 18.3 Å². The van der Waals surface area contributed by atoms with Gasteiger partial charge in [0, 0.05) is 25.4 Å². The Balaban J connectivity index is 1.22. The number of rotatable bonds is 8. The quantitative estimate of drug-likeness (QED) is 0.199. The molecule has 5 fully saturated rings. The van der Waals surface area contributed by atoms with Crippen molar-refractivity contribution in [1.29, 1.82) is 0 Å². The number of aliphatic hydroxyl groups excluding tert-OH is 6. The van der Waals surface area contributed by atoms with Crippen LogP contribution in [0, 0.1) is 46.3 Å². The van der Waals surface area contributed by atoms with Gasteiger partial charge >= 0.3 is 0 Å². The van der Waals surface area contributed by atoms with Crippen LogP contribution in [0.3, 0.4) is 0 Å². The van der Waals surface area contributed by atoms with E-state index in [2.05, 4.69) is 39.8 Å². The summed E-state index contributed by atoms with van der Waals surface area (Å²) in [5.41, 5.74) is -2.07. The van der Waals surface area contributed by atoms with Gasteiger partial charge in [-0.15, -0.1) is 0 Å². The highest BCUT2D eigenvalue weighted by atomic mass is 16.7. The van der Waals surface area contributed by atoms with Gasteiger partial charge in [-0.25, -0.2) is 0 Å². The maximum absolute atomic E-state index is 12.5. The van der Waals surface area contributed by atoms with E-state index in [0.29, 0.717) is 25.9 Å². The summed E-state index contributed by atoms with van der Waals surface area (Å²) in [5.74, 6) is -0.558. The van der Waals surface area contributed by atoms with Gasteiger partial charge in [-0.1, -0.05) is 39.8 Å². The van der Waals surface area contributed by atoms with Crippen LogP contribution < -0.4 is 0 Å². The summed E-state index contributed by atoms with van der Waals surface area (Å²) in [6.07, 6.45) is 1.40. The molecule has 7 N–H and O–H groups in total. The number of aliphatic hydroxyl groups is 7. The average Bonchev–Trinajstić information content (AvgIpc) is 3.21. The number of hydrogen-bond donors (Lipinski definition) is 7. The normalized spacial score (nSPS) is 53.2. The van der Waals surface area contributed by atoms with Crippen LogP contribution in [0.2, 0.25) is 0 Å². The SMILES string of the molecule is COC1C(O)COC(OC[C@@H](C)C/C=C/C(C)[C@H]2C[C@@H](O)C3[C@]4(O)C[C@H](O)C5[C@@H](O)[C@@H](O)CC[C@]5(C)C4CC[C@@]32C)C1O. The van der Waals surface area contributed by atoms with Gasteiger partial charge in [0.05, 0.1) is 43.2 Å². The molecule has 0 aromatic heterocycles. The molecule has 43 heavy (non-hydrogen) atoms. The zero-order valence-electron chi connectivity index (χ0n) is 26.5. The minimum absolute atomic E-state index is 0.0404. The van der Waals surface area contributed by atoms with E-state index < -0.39 is 66.0 Å². The van der Waals surface area contributed by atoms with E-state index in [1.165, 1.54) is 7.11 Å². The van der Waals surface area contributed by atoms with Gasteiger partial charge in [0.25, 0.3) is 0 Å². The maximum Gasteiger partial charge on any atom is 0.186 e. The Morgan fingerprint density at radius 3 is 2.30 bits per heavy atom. The Labute approximate surface area is 256 Å². The van der Waals surface area contributed by atoms with Crippen molar-refractivity contribution >= 4 is 0 Å². The van der Waals surface area contributed by atoms with E-state index in [-0.39, 0.29) is 48.0 Å². The first-order chi connectivity index (χ1) is 20.2. The van der Waals surface area contributed by atoms with Crippen molar-refractivity contribution in [3.63, 3.8) is 0 Å². The van der Waals surface area contributed by atoms with Gasteiger partial charge in [-0.2, -0.15) is 0 Å². The van der Waals surface area contributed by atoms with Gasteiger partial charge in [0.2, 0.25) is 0 Å². The van der Waals surface area contributed by atoms with Crippen LogP contribution >= 0.6 is 0 Å². The molecule has 248 valence electrons. The van der Waals surface area contributed by atoms with Gasteiger partial charge in [-0.3, -0.25) is 0 Å². The van der Waals surface area contributed by atoms with Crippen LogP contribution in [0.4, 0.5) is 0 Å². The molecule has 0 amide bonds. The highest BCUT2D eigenvalue weighted by Crippen LogP contribution is 2.69. The van der Waals surface area contributed by atoms with Crippen molar-refractivity contribution in [2.24, 2.45) is 46.3 Å². The predicted octanol–water partition coefficient (Wildman–Crippen LogP) is 1.36. The molecule has 10 heteroatoms. The number of fused-ring (bicyclic) bond motifs is 5. The zero-order valence-corrected chi connectivity index (χ0v) is 26.5. The Hall–Kier alpha value is -0.660. The standard InChI is InChI=1S/C33H56O10/c1-17(15-42-30-27(39)28(41-5)23(37)16-43-30)7-6-8-18(2)19-13-21(35)29-31(19,3)12-10-24-32(4)11-9-20(34)26(38)25(32)22(36)14-33(24,29)40/h6,8,17-30,34-40H,7,9-16H2,1-5H3/b8-6+/t17-,18?,19+,20-,21+,22-,23?,24?,25?,26-,27?,28?,29?,30?,31+,32+,33-/m0/s1. The minimum atomic E-state index is -1.24. The maximum atomic E-state index is 12.5. The molecule has 5 aliphatic rings. The molecule has 4 saturated carbocycles. The molecular formula is C33H56O10. The summed E-state index contributed by atoms with van der Waals surface area (Å²) in [5, 5.41) is 76.8. The van der Waals surface area contributed by atoms with Crippen molar-refractivity contribution < 1.29 is 50.0 Å². The van der Waals surface area contributed by atoms with Crippen LogP contribution in [0.5, 0.6) is 0 Å². The first-order valence-electron chi connectivity index (χ1n) is 16.4. The third-order valence-electron chi connectivity index (χ3n) is 12.7. The minimum Gasteiger partial charge on any atom is -0.393 e. The fourth-order valence-electron chi connectivity index (χ4n) is 10.6. The Morgan fingerprint density at radius 2 is 1.60 bits per heavy atom. The molecule has 0 aromatic carbocycles. The fourth-order valence-corrected chi connectivity index (χ4v) is 10.6. The van der Waals surface area contributed by atoms with Crippen LogP contribution in [0.15, 0.2) is 12.2 Å². The Kier molecular flexibility index (Phi) is 9.80. The lowest BCUT2D eigenvalue weighted by molar-refractivity contribution is -0.280. The van der Waals surface area contributed by atoms with E-state index in [9.17, 15) is 35.7 Å². The number of hydrogen-bond acceptors (Lipinski definition) is 10. The topological polar surface area (TPSA) is 169 Å². The van der Waals surface area contributed by atoms with Gasteiger partial charge in [-0.05, 0) is 73.0 Å². The van der Waals surface area contributed by atoms with Crippen molar-refractivity contribution in [3.05, 3.63) is 12.2 Å². The molecule has 17 atom stereocenters. The second kappa shape index (κ2) is 12.5. The molecular weight excluding hydrogens is 556 g/mol. The smallest absolute Gasteiger partial charge is 0.186 e. The highest BCUT2D eigenvalue weighted by molar-refractivity contribution is 5.21. The first kappa shape index (κ1) is 33.7. The lowest BCUT2D eigenvalue weighted by atomic mass is 9.41. The van der Waals surface area contributed by atoms with Crippen LogP contribution in [-0.2, 0) is 14.2 Å². The molecule has 1 aliphatic heterocycles. The number of methoxy groups -OCH3 is 1. The lowest BCUT2D eigenvalue weighted by Gasteiger charge is -2.66. The molecule has 0 bridgehead atoms. The molecule has 1 saturated heterocycles. The lowest BCUT2D eigenvalue weighted by Crippen LogP contribution is -2.70. The average molecular weight is 613 g/mol. The summed E-state index contributed by atoms with van der Waals surface area (Å²) >= 11 is 0. The second-order valence-electron chi connectivity index (χ2n) is 15.3. The monoisotopic (exact) mass is 612 g/mol. The number of allylic oxidation sites excluding steroid dienone is 2. The summed E-state index contributed by atoms with van der Waals surface area (Å²) in [4.78, 5) is 0. The van der Waals surface area contributed by atoms with E-state index in [1.807, 2.05) is 0 Å². The third kappa shape index (κ3) is 5.66. The Bertz CT molecular complexity index is 995. The van der Waals surface area contributed by atoms with E-state index in [4.69, 9.17) is 14.2 Å². The molecule has 5 rings (SSSR count).